The van der Waals surface area contributed by atoms with E-state index in [9.17, 15) is 13.2 Å². The Balaban J connectivity index is 2.04. The van der Waals surface area contributed by atoms with Crippen LogP contribution in [-0.4, -0.2) is 31.1 Å². The normalized spacial score (nSPS) is 17.9. The molecule has 1 saturated heterocycles. The first-order valence-electron chi connectivity index (χ1n) is 6.78. The minimum atomic E-state index is -1.15. The first-order chi connectivity index (χ1) is 10.2. The highest BCUT2D eigenvalue weighted by molar-refractivity contribution is 7.08. The molecular formula is C15H15F3N2S. The van der Waals surface area contributed by atoms with Crippen LogP contribution in [0.5, 0.6) is 0 Å². The number of nitrogens with one attached hydrogen (secondary N) is 1. The number of benzene rings is 1. The van der Waals surface area contributed by atoms with Crippen molar-refractivity contribution in [3.63, 3.8) is 0 Å². The van der Waals surface area contributed by atoms with Crippen molar-refractivity contribution in [1.29, 1.82) is 0 Å². The number of halogens is 3. The minimum absolute atomic E-state index is 0.189. The number of nitrogens with zero attached hydrogens (tertiary/aromatic N) is 1. The van der Waals surface area contributed by atoms with Gasteiger partial charge in [-0.05, 0) is 28.5 Å². The van der Waals surface area contributed by atoms with Gasteiger partial charge in [-0.15, -0.1) is 0 Å². The Kier molecular flexibility index (Phi) is 4.28. The fourth-order valence-electron chi connectivity index (χ4n) is 2.71. The molecule has 0 aliphatic carbocycles. The number of hydrogen-bond acceptors (Lipinski definition) is 3. The summed E-state index contributed by atoms with van der Waals surface area (Å²) in [6.45, 7) is 3.07. The summed E-state index contributed by atoms with van der Waals surface area (Å²) < 4.78 is 40.9. The van der Waals surface area contributed by atoms with Crippen LogP contribution in [0.15, 0.2) is 29.0 Å². The van der Waals surface area contributed by atoms with Gasteiger partial charge in [-0.1, -0.05) is 0 Å². The molecule has 1 aromatic carbocycles. The van der Waals surface area contributed by atoms with Crippen molar-refractivity contribution < 1.29 is 13.2 Å². The van der Waals surface area contributed by atoms with Crippen molar-refractivity contribution in [3.05, 3.63) is 57.5 Å². The highest BCUT2D eigenvalue weighted by Gasteiger charge is 2.27. The quantitative estimate of drug-likeness (QED) is 0.876. The molecule has 0 saturated carbocycles. The monoisotopic (exact) mass is 312 g/mol. The highest BCUT2D eigenvalue weighted by Crippen LogP contribution is 2.33. The number of thiophene rings is 1. The molecule has 0 bridgehead atoms. The molecule has 0 unspecified atom stereocenters. The molecule has 1 aliphatic heterocycles. The van der Waals surface area contributed by atoms with E-state index in [-0.39, 0.29) is 11.6 Å². The van der Waals surface area contributed by atoms with Crippen molar-refractivity contribution in [2.24, 2.45) is 0 Å². The van der Waals surface area contributed by atoms with Crippen molar-refractivity contribution in [3.8, 4) is 0 Å². The van der Waals surface area contributed by atoms with Crippen LogP contribution in [0.3, 0.4) is 0 Å². The van der Waals surface area contributed by atoms with Crippen LogP contribution in [0.2, 0.25) is 0 Å². The molecular weight excluding hydrogens is 297 g/mol. The molecule has 0 spiro atoms. The van der Waals surface area contributed by atoms with Crippen LogP contribution < -0.4 is 5.32 Å². The first-order valence-corrected chi connectivity index (χ1v) is 7.72. The van der Waals surface area contributed by atoms with E-state index in [0.29, 0.717) is 6.07 Å². The Morgan fingerprint density at radius 1 is 1.05 bits per heavy atom. The van der Waals surface area contributed by atoms with Gasteiger partial charge in [0.15, 0.2) is 11.6 Å². The molecule has 2 aromatic rings. The van der Waals surface area contributed by atoms with Gasteiger partial charge >= 0.3 is 0 Å². The highest BCUT2D eigenvalue weighted by atomic mass is 32.1. The lowest BCUT2D eigenvalue weighted by atomic mass is 9.98. The van der Waals surface area contributed by atoms with Gasteiger partial charge in [-0.25, -0.2) is 13.2 Å². The summed E-state index contributed by atoms with van der Waals surface area (Å²) >= 11 is 1.51. The maximum atomic E-state index is 14.2. The largest absolute Gasteiger partial charge is 0.314 e. The zero-order valence-corrected chi connectivity index (χ0v) is 12.1. The average molecular weight is 312 g/mol. The lowest BCUT2D eigenvalue weighted by Crippen LogP contribution is -2.45. The first kappa shape index (κ1) is 14.6. The van der Waals surface area contributed by atoms with Gasteiger partial charge in [-0.3, -0.25) is 4.90 Å². The summed E-state index contributed by atoms with van der Waals surface area (Å²) in [7, 11) is 0. The lowest BCUT2D eigenvalue weighted by molar-refractivity contribution is 0.195. The SMILES string of the molecule is Fc1cc(F)c([C@@H](c2ccsc2)N2CCNCC2)cc1F. The molecule has 1 aliphatic rings. The van der Waals surface area contributed by atoms with Crippen LogP contribution >= 0.6 is 11.3 Å². The molecule has 1 N–H and O–H groups in total. The van der Waals surface area contributed by atoms with Gasteiger partial charge < -0.3 is 5.32 Å². The maximum Gasteiger partial charge on any atom is 0.161 e. The molecule has 1 aromatic heterocycles. The summed E-state index contributed by atoms with van der Waals surface area (Å²) in [4.78, 5) is 2.09. The van der Waals surface area contributed by atoms with Gasteiger partial charge in [0.05, 0.1) is 6.04 Å². The second-order valence-electron chi connectivity index (χ2n) is 5.03. The van der Waals surface area contributed by atoms with Crippen molar-refractivity contribution in [1.82, 2.24) is 10.2 Å². The summed E-state index contributed by atoms with van der Waals surface area (Å²) in [5.74, 6) is -2.87. The van der Waals surface area contributed by atoms with Gasteiger partial charge in [0.25, 0.3) is 0 Å². The predicted molar refractivity (Wildman–Crippen MR) is 76.9 cm³/mol. The van der Waals surface area contributed by atoms with E-state index in [0.717, 1.165) is 37.8 Å². The summed E-state index contributed by atoms with van der Waals surface area (Å²) in [6, 6.07) is 3.13. The van der Waals surface area contributed by atoms with E-state index < -0.39 is 17.5 Å². The zero-order chi connectivity index (χ0) is 14.8. The van der Waals surface area contributed by atoms with E-state index in [1.165, 1.54) is 11.3 Å². The second-order valence-corrected chi connectivity index (χ2v) is 5.81. The van der Waals surface area contributed by atoms with Crippen molar-refractivity contribution in [2.45, 2.75) is 6.04 Å². The molecule has 1 fully saturated rings. The smallest absolute Gasteiger partial charge is 0.161 e. The van der Waals surface area contributed by atoms with Gasteiger partial charge in [0.2, 0.25) is 0 Å². The van der Waals surface area contributed by atoms with E-state index in [1.54, 1.807) is 0 Å². The van der Waals surface area contributed by atoms with Crippen LogP contribution in [0.4, 0.5) is 13.2 Å². The Bertz CT molecular complexity index is 610. The third kappa shape index (κ3) is 2.97. The fraction of sp³-hybridized carbons (Fsp3) is 0.333. The Labute approximate surface area is 125 Å². The Morgan fingerprint density at radius 3 is 2.43 bits per heavy atom. The van der Waals surface area contributed by atoms with Crippen LogP contribution in [0.1, 0.15) is 17.2 Å². The third-order valence-corrected chi connectivity index (χ3v) is 4.41. The molecule has 2 heterocycles. The fourth-order valence-corrected chi connectivity index (χ4v) is 3.38. The molecule has 0 radical (unpaired) electrons. The number of piperazine rings is 1. The third-order valence-electron chi connectivity index (χ3n) is 3.71. The Morgan fingerprint density at radius 2 is 1.76 bits per heavy atom. The lowest BCUT2D eigenvalue weighted by Gasteiger charge is -2.35. The van der Waals surface area contributed by atoms with E-state index in [2.05, 4.69) is 10.2 Å². The predicted octanol–water partition coefficient (Wildman–Crippen LogP) is 3.16. The zero-order valence-electron chi connectivity index (χ0n) is 11.3. The summed E-state index contributed by atoms with van der Waals surface area (Å²) in [5.41, 5.74) is 1.10. The molecule has 3 rings (SSSR count). The molecule has 1 atom stereocenters. The molecule has 112 valence electrons. The standard InChI is InChI=1S/C15H15F3N2S/c16-12-8-14(18)13(17)7-11(12)15(10-1-6-21-9-10)20-4-2-19-3-5-20/h1,6-9,15,19H,2-5H2/t15-/m1/s1. The average Bonchev–Trinajstić information content (AvgIpc) is 3.00. The number of rotatable bonds is 3. The van der Waals surface area contributed by atoms with Crippen LogP contribution in [-0.2, 0) is 0 Å². The Hall–Kier alpha value is -1.37. The van der Waals surface area contributed by atoms with Gasteiger partial charge in [-0.2, -0.15) is 11.3 Å². The van der Waals surface area contributed by atoms with Crippen LogP contribution in [0.25, 0.3) is 0 Å². The summed E-state index contributed by atoms with van der Waals surface area (Å²) in [6.07, 6.45) is 0. The van der Waals surface area contributed by atoms with Crippen molar-refractivity contribution >= 4 is 11.3 Å². The number of hydrogen-bond donors (Lipinski definition) is 1. The van der Waals surface area contributed by atoms with E-state index in [4.69, 9.17) is 0 Å². The molecule has 0 amide bonds. The second kappa shape index (κ2) is 6.17. The molecule has 2 nitrogen and oxygen atoms in total. The molecule has 6 heteroatoms. The molecule has 21 heavy (non-hydrogen) atoms. The maximum absolute atomic E-state index is 14.2. The summed E-state index contributed by atoms with van der Waals surface area (Å²) in [5, 5.41) is 7.06. The topological polar surface area (TPSA) is 15.3 Å². The van der Waals surface area contributed by atoms with E-state index in [1.807, 2.05) is 16.8 Å². The van der Waals surface area contributed by atoms with Gasteiger partial charge in [0, 0.05) is 37.8 Å². The van der Waals surface area contributed by atoms with E-state index >= 15 is 0 Å². The van der Waals surface area contributed by atoms with Crippen molar-refractivity contribution in [2.75, 3.05) is 26.2 Å². The van der Waals surface area contributed by atoms with Gasteiger partial charge in [0.1, 0.15) is 5.82 Å². The van der Waals surface area contributed by atoms with Crippen LogP contribution in [0, 0.1) is 17.5 Å². The minimum Gasteiger partial charge on any atom is -0.314 e.